The number of hydrogen-bond acceptors (Lipinski definition) is 4. The van der Waals surface area contributed by atoms with Gasteiger partial charge in [-0.1, -0.05) is 5.16 Å². The van der Waals surface area contributed by atoms with E-state index in [-0.39, 0.29) is 0 Å². The van der Waals surface area contributed by atoms with Crippen molar-refractivity contribution in [3.05, 3.63) is 23.4 Å². The minimum atomic E-state index is 0.841. The molecular weight excluding hydrogens is 190 g/mol. The van der Waals surface area contributed by atoms with Gasteiger partial charge in [-0.05, 0) is 32.9 Å². The first-order chi connectivity index (χ1) is 7.22. The van der Waals surface area contributed by atoms with Gasteiger partial charge in [-0.2, -0.15) is 0 Å². The van der Waals surface area contributed by atoms with Gasteiger partial charge in [0.05, 0.1) is 6.21 Å². The molecule has 0 saturated carbocycles. The Kier molecular flexibility index (Phi) is 4.09. The molecule has 4 nitrogen and oxygen atoms in total. The Bertz CT molecular complexity index is 346. The highest BCUT2D eigenvalue weighted by molar-refractivity contribution is 5.80. The summed E-state index contributed by atoms with van der Waals surface area (Å²) in [4.78, 5) is 6.63. The first-order valence-corrected chi connectivity index (χ1v) is 5.13. The van der Waals surface area contributed by atoms with Crippen LogP contribution >= 0.6 is 0 Å². The fourth-order valence-electron chi connectivity index (χ4n) is 1.48. The van der Waals surface area contributed by atoms with E-state index in [1.807, 2.05) is 19.1 Å². The molecule has 0 aromatic carbocycles. The topological polar surface area (TPSA) is 48.7 Å². The number of aromatic nitrogens is 1. The second-order valence-electron chi connectivity index (χ2n) is 3.26. The lowest BCUT2D eigenvalue weighted by molar-refractivity contribution is 0.322. The molecule has 1 aromatic heterocycles. The molecule has 1 heterocycles. The van der Waals surface area contributed by atoms with E-state index >= 15 is 0 Å². The van der Waals surface area contributed by atoms with Gasteiger partial charge in [-0.15, -0.1) is 0 Å². The summed E-state index contributed by atoms with van der Waals surface area (Å²) in [5, 5.41) is 11.4. The van der Waals surface area contributed by atoms with Crippen molar-refractivity contribution in [2.24, 2.45) is 5.16 Å². The third-order valence-electron chi connectivity index (χ3n) is 2.40. The Balaban J connectivity index is 2.99. The van der Waals surface area contributed by atoms with Crippen LogP contribution in [0.25, 0.3) is 0 Å². The van der Waals surface area contributed by atoms with Crippen LogP contribution in [0.15, 0.2) is 17.3 Å². The molecule has 1 N–H and O–H groups in total. The molecule has 4 heteroatoms. The minimum Gasteiger partial charge on any atom is -0.411 e. The number of oxime groups is 1. The number of nitrogens with zero attached hydrogens (tertiary/aromatic N) is 3. The summed E-state index contributed by atoms with van der Waals surface area (Å²) in [7, 11) is 0. The smallest absolute Gasteiger partial charge is 0.128 e. The largest absolute Gasteiger partial charge is 0.411 e. The second-order valence-corrected chi connectivity index (χ2v) is 3.26. The Labute approximate surface area is 90.2 Å². The normalized spacial score (nSPS) is 10.9. The highest BCUT2D eigenvalue weighted by Crippen LogP contribution is 2.13. The maximum atomic E-state index is 8.45. The zero-order valence-electron chi connectivity index (χ0n) is 9.44. The summed E-state index contributed by atoms with van der Waals surface area (Å²) >= 11 is 0. The van der Waals surface area contributed by atoms with Crippen molar-refractivity contribution in [2.75, 3.05) is 18.0 Å². The standard InChI is InChI=1S/C11H17N3O/c1-4-14(5-2)11-7-6-10(8-12-15)9(3)13-11/h6-8,15H,4-5H2,1-3H3/b12-8+. The SMILES string of the molecule is CCN(CC)c1ccc(/C=N/O)c(C)n1. The number of aryl methyl sites for hydroxylation is 1. The van der Waals surface area contributed by atoms with Crippen LogP contribution in [0.2, 0.25) is 0 Å². The summed E-state index contributed by atoms with van der Waals surface area (Å²) in [5.74, 6) is 0.965. The quantitative estimate of drug-likeness (QED) is 0.467. The van der Waals surface area contributed by atoms with Crippen molar-refractivity contribution >= 4 is 12.0 Å². The molecule has 0 atom stereocenters. The zero-order valence-corrected chi connectivity index (χ0v) is 9.44. The number of anilines is 1. The third kappa shape index (κ3) is 2.68. The van der Waals surface area contributed by atoms with E-state index in [4.69, 9.17) is 5.21 Å². The van der Waals surface area contributed by atoms with Crippen molar-refractivity contribution in [1.82, 2.24) is 4.98 Å². The lowest BCUT2D eigenvalue weighted by Crippen LogP contribution is -2.23. The minimum absolute atomic E-state index is 0.841. The van der Waals surface area contributed by atoms with E-state index in [2.05, 4.69) is 28.9 Å². The van der Waals surface area contributed by atoms with E-state index < -0.39 is 0 Å². The molecule has 1 rings (SSSR count). The van der Waals surface area contributed by atoms with Crippen LogP contribution in [0.4, 0.5) is 5.82 Å². The predicted molar refractivity (Wildman–Crippen MR) is 61.9 cm³/mol. The maximum Gasteiger partial charge on any atom is 0.128 e. The van der Waals surface area contributed by atoms with Crippen molar-refractivity contribution in [3.8, 4) is 0 Å². The van der Waals surface area contributed by atoms with Gasteiger partial charge in [-0.25, -0.2) is 4.98 Å². The van der Waals surface area contributed by atoms with E-state index in [9.17, 15) is 0 Å². The predicted octanol–water partition coefficient (Wildman–Crippen LogP) is 2.04. The molecule has 0 fully saturated rings. The number of rotatable bonds is 4. The third-order valence-corrected chi connectivity index (χ3v) is 2.40. The van der Waals surface area contributed by atoms with E-state index in [0.29, 0.717) is 0 Å². The summed E-state index contributed by atoms with van der Waals surface area (Å²) in [6.07, 6.45) is 1.40. The molecule has 1 aromatic rings. The van der Waals surface area contributed by atoms with Crippen LogP contribution in [-0.4, -0.2) is 29.5 Å². The van der Waals surface area contributed by atoms with Crippen molar-refractivity contribution < 1.29 is 5.21 Å². The zero-order chi connectivity index (χ0) is 11.3. The highest BCUT2D eigenvalue weighted by atomic mass is 16.4. The Hall–Kier alpha value is -1.58. The summed E-state index contributed by atoms with van der Waals surface area (Å²) in [6, 6.07) is 3.85. The fraction of sp³-hybridized carbons (Fsp3) is 0.455. The summed E-state index contributed by atoms with van der Waals surface area (Å²) in [6.45, 7) is 7.99. The Morgan fingerprint density at radius 2 is 2.07 bits per heavy atom. The highest BCUT2D eigenvalue weighted by Gasteiger charge is 2.05. The van der Waals surface area contributed by atoms with Gasteiger partial charge >= 0.3 is 0 Å². The molecule has 0 aliphatic rings. The van der Waals surface area contributed by atoms with Gasteiger partial charge in [0.1, 0.15) is 5.82 Å². The molecule has 0 aliphatic heterocycles. The number of pyridine rings is 1. The molecule has 0 spiro atoms. The van der Waals surface area contributed by atoms with Gasteiger partial charge in [0.15, 0.2) is 0 Å². The van der Waals surface area contributed by atoms with Gasteiger partial charge in [0.25, 0.3) is 0 Å². The van der Waals surface area contributed by atoms with Crippen LogP contribution in [0.1, 0.15) is 25.1 Å². The van der Waals surface area contributed by atoms with Crippen LogP contribution in [0.5, 0.6) is 0 Å². The molecule has 0 radical (unpaired) electrons. The fourth-order valence-corrected chi connectivity index (χ4v) is 1.48. The van der Waals surface area contributed by atoms with Crippen LogP contribution in [0.3, 0.4) is 0 Å². The van der Waals surface area contributed by atoms with Crippen molar-refractivity contribution in [1.29, 1.82) is 0 Å². The maximum absolute atomic E-state index is 8.45. The van der Waals surface area contributed by atoms with E-state index in [0.717, 1.165) is 30.2 Å². The molecule has 0 bridgehead atoms. The molecule has 0 amide bonds. The van der Waals surface area contributed by atoms with Crippen LogP contribution in [0, 0.1) is 6.92 Å². The van der Waals surface area contributed by atoms with Gasteiger partial charge < -0.3 is 10.1 Å². The van der Waals surface area contributed by atoms with Crippen molar-refractivity contribution in [2.45, 2.75) is 20.8 Å². The Morgan fingerprint density at radius 3 is 2.53 bits per heavy atom. The van der Waals surface area contributed by atoms with Crippen LogP contribution in [-0.2, 0) is 0 Å². The van der Waals surface area contributed by atoms with Gasteiger partial charge in [-0.3, -0.25) is 0 Å². The molecule has 82 valence electrons. The summed E-state index contributed by atoms with van der Waals surface area (Å²) < 4.78 is 0. The van der Waals surface area contributed by atoms with E-state index in [1.54, 1.807) is 0 Å². The molecule has 0 saturated heterocycles. The second kappa shape index (κ2) is 5.34. The molecule has 0 unspecified atom stereocenters. The Morgan fingerprint density at radius 1 is 1.40 bits per heavy atom. The number of hydrogen-bond donors (Lipinski definition) is 1. The van der Waals surface area contributed by atoms with Crippen molar-refractivity contribution in [3.63, 3.8) is 0 Å². The molecule has 15 heavy (non-hydrogen) atoms. The lowest BCUT2D eigenvalue weighted by Gasteiger charge is -2.20. The van der Waals surface area contributed by atoms with Crippen LogP contribution < -0.4 is 4.90 Å². The average molecular weight is 207 g/mol. The molecular formula is C11H17N3O. The average Bonchev–Trinajstić information content (AvgIpc) is 2.24. The molecule has 0 aliphatic carbocycles. The first-order valence-electron chi connectivity index (χ1n) is 5.13. The monoisotopic (exact) mass is 207 g/mol. The summed E-state index contributed by atoms with van der Waals surface area (Å²) in [5.41, 5.74) is 1.71. The van der Waals surface area contributed by atoms with Gasteiger partial charge in [0, 0.05) is 24.3 Å². The first kappa shape index (κ1) is 11.5. The lowest BCUT2D eigenvalue weighted by atomic mass is 10.2. The van der Waals surface area contributed by atoms with E-state index in [1.165, 1.54) is 6.21 Å². The van der Waals surface area contributed by atoms with Gasteiger partial charge in [0.2, 0.25) is 0 Å².